The van der Waals surface area contributed by atoms with E-state index in [1.54, 1.807) is 11.2 Å². The molecular formula is C13H16N6O. The monoisotopic (exact) mass is 272 g/mol. The van der Waals surface area contributed by atoms with Crippen molar-refractivity contribution >= 4 is 11.7 Å². The summed E-state index contributed by atoms with van der Waals surface area (Å²) in [4.78, 5) is 13.9. The fourth-order valence-electron chi connectivity index (χ4n) is 2.17. The molecule has 3 N–H and O–H groups in total. The number of aromatic nitrogens is 3. The first-order chi connectivity index (χ1) is 9.76. The van der Waals surface area contributed by atoms with E-state index in [-0.39, 0.29) is 6.03 Å². The molecule has 1 aliphatic rings. The largest absolute Gasteiger partial charge is 0.326 e. The molecule has 2 aromatic rings. The molecule has 1 aromatic carbocycles. The van der Waals surface area contributed by atoms with E-state index >= 15 is 0 Å². The van der Waals surface area contributed by atoms with E-state index in [2.05, 4.69) is 15.5 Å². The first-order valence-corrected chi connectivity index (χ1v) is 6.48. The normalized spacial score (nSPS) is 13.9. The average molecular weight is 272 g/mol. The molecule has 20 heavy (non-hydrogen) atoms. The van der Waals surface area contributed by atoms with Gasteiger partial charge < -0.3 is 20.5 Å². The molecule has 2 amide bonds. The van der Waals surface area contributed by atoms with Gasteiger partial charge in [0.1, 0.15) is 6.33 Å². The fourth-order valence-corrected chi connectivity index (χ4v) is 2.17. The Balaban J connectivity index is 1.65. The maximum Gasteiger partial charge on any atom is 0.322 e. The third kappa shape index (κ3) is 2.48. The van der Waals surface area contributed by atoms with Crippen molar-refractivity contribution in [3.8, 4) is 0 Å². The summed E-state index contributed by atoms with van der Waals surface area (Å²) in [5.41, 5.74) is 7.34. The smallest absolute Gasteiger partial charge is 0.322 e. The van der Waals surface area contributed by atoms with Crippen molar-refractivity contribution < 1.29 is 4.79 Å². The Bertz CT molecular complexity index is 606. The zero-order valence-corrected chi connectivity index (χ0v) is 11.0. The molecule has 0 unspecified atom stereocenters. The second-order valence-corrected chi connectivity index (χ2v) is 4.69. The van der Waals surface area contributed by atoms with Crippen LogP contribution in [0.5, 0.6) is 0 Å². The van der Waals surface area contributed by atoms with Gasteiger partial charge in [0.25, 0.3) is 0 Å². The lowest BCUT2D eigenvalue weighted by Gasteiger charge is -2.27. The first-order valence-electron chi connectivity index (χ1n) is 6.48. The molecule has 3 rings (SSSR count). The van der Waals surface area contributed by atoms with E-state index in [1.807, 2.05) is 28.8 Å². The summed E-state index contributed by atoms with van der Waals surface area (Å²) in [5.74, 6) is 0.810. The van der Waals surface area contributed by atoms with E-state index in [1.165, 1.54) is 0 Å². The van der Waals surface area contributed by atoms with E-state index < -0.39 is 0 Å². The van der Waals surface area contributed by atoms with Gasteiger partial charge in [-0.2, -0.15) is 0 Å². The van der Waals surface area contributed by atoms with Crippen LogP contribution in [0.15, 0.2) is 30.6 Å². The molecule has 0 saturated carbocycles. The Kier molecular flexibility index (Phi) is 3.34. The molecule has 0 bridgehead atoms. The molecule has 0 atom stereocenters. The number of rotatable bonds is 2. The minimum atomic E-state index is -0.125. The Hall–Kier alpha value is -2.41. The van der Waals surface area contributed by atoms with Crippen LogP contribution in [0.4, 0.5) is 10.5 Å². The zero-order valence-electron chi connectivity index (χ0n) is 11.0. The molecule has 7 nitrogen and oxygen atoms in total. The number of nitrogens with one attached hydrogen (secondary N) is 1. The number of hydrogen-bond acceptors (Lipinski definition) is 4. The molecule has 2 heterocycles. The van der Waals surface area contributed by atoms with Crippen LogP contribution >= 0.6 is 0 Å². The molecular weight excluding hydrogens is 256 g/mol. The lowest BCUT2D eigenvalue weighted by Crippen LogP contribution is -2.40. The molecule has 1 aromatic heterocycles. The lowest BCUT2D eigenvalue weighted by atomic mass is 10.2. The van der Waals surface area contributed by atoms with Gasteiger partial charge in [-0.1, -0.05) is 12.1 Å². The number of nitrogens with two attached hydrogens (primary N) is 1. The van der Waals surface area contributed by atoms with Gasteiger partial charge in [0, 0.05) is 25.3 Å². The highest BCUT2D eigenvalue weighted by Crippen LogP contribution is 2.13. The fraction of sp³-hybridized carbons (Fsp3) is 0.308. The molecule has 104 valence electrons. The summed E-state index contributed by atoms with van der Waals surface area (Å²) in [7, 11) is 0. The Morgan fingerprint density at radius 3 is 2.85 bits per heavy atom. The van der Waals surface area contributed by atoms with Gasteiger partial charge >= 0.3 is 6.03 Å². The van der Waals surface area contributed by atoms with Crippen molar-refractivity contribution in [2.75, 3.05) is 11.9 Å². The summed E-state index contributed by atoms with van der Waals surface area (Å²) in [6, 6.07) is 7.39. The van der Waals surface area contributed by atoms with Crippen LogP contribution < -0.4 is 11.1 Å². The number of fused-ring (bicyclic) bond motifs is 1. The third-order valence-corrected chi connectivity index (χ3v) is 3.37. The van der Waals surface area contributed by atoms with Crippen molar-refractivity contribution in [1.82, 2.24) is 19.7 Å². The maximum absolute atomic E-state index is 12.2. The van der Waals surface area contributed by atoms with Crippen LogP contribution in [0.25, 0.3) is 0 Å². The number of urea groups is 1. The molecule has 1 aliphatic heterocycles. The van der Waals surface area contributed by atoms with Gasteiger partial charge in [0.05, 0.1) is 6.54 Å². The van der Waals surface area contributed by atoms with E-state index in [0.29, 0.717) is 19.6 Å². The number of carbonyl (C=O) groups excluding carboxylic acids is 1. The van der Waals surface area contributed by atoms with Crippen LogP contribution in [-0.2, 0) is 19.6 Å². The average Bonchev–Trinajstić information content (AvgIpc) is 2.95. The summed E-state index contributed by atoms with van der Waals surface area (Å²) in [5, 5.41) is 10.7. The van der Waals surface area contributed by atoms with Gasteiger partial charge in [-0.25, -0.2) is 4.79 Å². The van der Waals surface area contributed by atoms with Gasteiger partial charge in [-0.15, -0.1) is 10.2 Å². The second kappa shape index (κ2) is 5.30. The predicted molar refractivity (Wildman–Crippen MR) is 73.8 cm³/mol. The van der Waals surface area contributed by atoms with Crippen LogP contribution in [0.3, 0.4) is 0 Å². The summed E-state index contributed by atoms with van der Waals surface area (Å²) < 4.78 is 1.96. The standard InChI is InChI=1S/C13H16N6O/c14-7-10-1-3-11(4-2-10)16-13(20)18-5-6-19-9-15-17-12(19)8-18/h1-4,9H,5-8,14H2,(H,16,20). The summed E-state index contributed by atoms with van der Waals surface area (Å²) in [6.07, 6.45) is 1.69. The predicted octanol–water partition coefficient (Wildman–Crippen LogP) is 0.784. The number of carbonyl (C=O) groups is 1. The Morgan fingerprint density at radius 2 is 2.10 bits per heavy atom. The van der Waals surface area contributed by atoms with Crippen LogP contribution in [0, 0.1) is 0 Å². The van der Waals surface area contributed by atoms with Gasteiger partial charge in [-0.05, 0) is 17.7 Å². The van der Waals surface area contributed by atoms with Gasteiger partial charge in [0.15, 0.2) is 5.82 Å². The van der Waals surface area contributed by atoms with Crippen molar-refractivity contribution in [2.45, 2.75) is 19.6 Å². The van der Waals surface area contributed by atoms with Crippen molar-refractivity contribution in [2.24, 2.45) is 5.73 Å². The van der Waals surface area contributed by atoms with E-state index in [9.17, 15) is 4.79 Å². The van der Waals surface area contributed by atoms with Crippen molar-refractivity contribution in [3.63, 3.8) is 0 Å². The second-order valence-electron chi connectivity index (χ2n) is 4.69. The molecule has 0 aliphatic carbocycles. The van der Waals surface area contributed by atoms with E-state index in [0.717, 1.165) is 23.6 Å². The topological polar surface area (TPSA) is 89.1 Å². The maximum atomic E-state index is 12.2. The molecule has 0 fully saturated rings. The highest BCUT2D eigenvalue weighted by molar-refractivity contribution is 5.89. The summed E-state index contributed by atoms with van der Waals surface area (Å²) in [6.45, 7) is 2.35. The SMILES string of the molecule is NCc1ccc(NC(=O)N2CCn3cnnc3C2)cc1. The number of benzene rings is 1. The minimum Gasteiger partial charge on any atom is -0.326 e. The van der Waals surface area contributed by atoms with Crippen LogP contribution in [0.2, 0.25) is 0 Å². The number of hydrogen-bond donors (Lipinski definition) is 2. The van der Waals surface area contributed by atoms with Crippen molar-refractivity contribution in [1.29, 1.82) is 0 Å². The number of amides is 2. The quantitative estimate of drug-likeness (QED) is 0.845. The third-order valence-electron chi connectivity index (χ3n) is 3.37. The van der Waals surface area contributed by atoms with Gasteiger partial charge in [-0.3, -0.25) is 0 Å². The Morgan fingerprint density at radius 1 is 1.30 bits per heavy atom. The molecule has 0 spiro atoms. The number of nitrogens with zero attached hydrogens (tertiary/aromatic N) is 4. The minimum absolute atomic E-state index is 0.125. The van der Waals surface area contributed by atoms with Gasteiger partial charge in [0.2, 0.25) is 0 Å². The Labute approximate surface area is 116 Å². The van der Waals surface area contributed by atoms with Crippen LogP contribution in [0.1, 0.15) is 11.4 Å². The lowest BCUT2D eigenvalue weighted by molar-refractivity contribution is 0.195. The highest BCUT2D eigenvalue weighted by atomic mass is 16.2. The first kappa shape index (κ1) is 12.6. The molecule has 0 radical (unpaired) electrons. The summed E-state index contributed by atoms with van der Waals surface area (Å²) >= 11 is 0. The van der Waals surface area contributed by atoms with E-state index in [4.69, 9.17) is 5.73 Å². The van der Waals surface area contributed by atoms with Crippen molar-refractivity contribution in [3.05, 3.63) is 42.0 Å². The number of anilines is 1. The zero-order chi connectivity index (χ0) is 13.9. The van der Waals surface area contributed by atoms with Crippen LogP contribution in [-0.4, -0.2) is 32.2 Å². The highest BCUT2D eigenvalue weighted by Gasteiger charge is 2.21. The molecule has 7 heteroatoms. The molecule has 0 saturated heterocycles.